The zero-order chi connectivity index (χ0) is 16.9. The van der Waals surface area contributed by atoms with Gasteiger partial charge in [-0.3, -0.25) is 24.8 Å². The Bertz CT molecular complexity index is 505. The van der Waals surface area contributed by atoms with Gasteiger partial charge in [-0.25, -0.2) is 4.79 Å². The first-order chi connectivity index (χ1) is 10.2. The van der Waals surface area contributed by atoms with E-state index in [1.165, 1.54) is 6.08 Å². The lowest BCUT2D eigenvalue weighted by atomic mass is 9.96. The summed E-state index contributed by atoms with van der Waals surface area (Å²) in [5.74, 6) is -2.14. The summed E-state index contributed by atoms with van der Waals surface area (Å²) in [4.78, 5) is 41.6. The third kappa shape index (κ3) is 4.49. The molecule has 7 heteroatoms. The van der Waals surface area contributed by atoms with Crippen LogP contribution in [-0.2, 0) is 9.59 Å². The molecule has 122 valence electrons. The number of urea groups is 1. The zero-order valence-electron chi connectivity index (χ0n) is 13.8. The summed E-state index contributed by atoms with van der Waals surface area (Å²) >= 11 is 0. The fourth-order valence-corrected chi connectivity index (χ4v) is 2.11. The molecule has 1 atom stereocenters. The Morgan fingerprint density at radius 1 is 1.36 bits per heavy atom. The minimum atomic E-state index is -1.02. The van der Waals surface area contributed by atoms with Gasteiger partial charge in [0, 0.05) is 12.3 Å². The Balaban J connectivity index is 2.95. The van der Waals surface area contributed by atoms with Crippen molar-refractivity contribution in [3.8, 4) is 0 Å². The van der Waals surface area contributed by atoms with Gasteiger partial charge in [-0.05, 0) is 6.42 Å². The maximum atomic E-state index is 12.4. The summed E-state index contributed by atoms with van der Waals surface area (Å²) < 4.78 is 0.742. The Hall–Kier alpha value is -2.02. The van der Waals surface area contributed by atoms with E-state index in [-0.39, 0.29) is 6.54 Å². The number of nitrogens with one attached hydrogen (secondary N) is 1. The fraction of sp³-hybridized carbons (Fsp3) is 0.600. The van der Waals surface area contributed by atoms with Gasteiger partial charge in [0.15, 0.2) is 5.92 Å². The van der Waals surface area contributed by atoms with Gasteiger partial charge in [0.1, 0.15) is 0 Å². The Morgan fingerprint density at radius 2 is 2.00 bits per heavy atom. The van der Waals surface area contributed by atoms with Crippen molar-refractivity contribution in [1.29, 1.82) is 0 Å². The van der Waals surface area contributed by atoms with Crippen LogP contribution in [0.2, 0.25) is 0 Å². The second kappa shape index (κ2) is 7.31. The Labute approximate surface area is 131 Å². The van der Waals surface area contributed by atoms with E-state index in [2.05, 4.69) is 16.9 Å². The van der Waals surface area contributed by atoms with Crippen LogP contribution >= 0.6 is 0 Å². The van der Waals surface area contributed by atoms with E-state index in [1.54, 1.807) is 0 Å². The van der Waals surface area contributed by atoms with Gasteiger partial charge in [0.2, 0.25) is 11.8 Å². The topological polar surface area (TPSA) is 78.8 Å². The van der Waals surface area contributed by atoms with Crippen LogP contribution in [-0.4, -0.2) is 73.7 Å². The van der Waals surface area contributed by atoms with Crippen molar-refractivity contribution in [2.75, 3.05) is 40.8 Å². The van der Waals surface area contributed by atoms with E-state index in [4.69, 9.17) is 0 Å². The van der Waals surface area contributed by atoms with E-state index in [0.717, 1.165) is 15.9 Å². The SMILES string of the molecule is C=CCN1C(=O)NC(=O)C(C(CC)=NCC[N+](C)(C)C)C1=O. The van der Waals surface area contributed by atoms with Crippen molar-refractivity contribution in [3.63, 3.8) is 0 Å². The molecule has 1 heterocycles. The molecule has 0 aromatic rings. The Kier molecular flexibility index (Phi) is 5.99. The molecule has 22 heavy (non-hydrogen) atoms. The summed E-state index contributed by atoms with van der Waals surface area (Å²) in [5.41, 5.74) is 0.512. The van der Waals surface area contributed by atoms with Gasteiger partial charge in [-0.15, -0.1) is 6.58 Å². The standard InChI is InChI=1S/C15H24N4O3/c1-6-9-18-14(21)12(13(20)17-15(18)22)11(7-2)16-8-10-19(3,4)5/h6,12H,1,7-10H2,2-5H3/p+1. The third-order valence-corrected chi connectivity index (χ3v) is 3.34. The van der Waals surface area contributed by atoms with Crippen LogP contribution in [0.5, 0.6) is 0 Å². The molecule has 1 aliphatic heterocycles. The molecule has 0 aliphatic carbocycles. The number of hydrogen-bond acceptors (Lipinski definition) is 4. The van der Waals surface area contributed by atoms with E-state index in [0.29, 0.717) is 18.7 Å². The lowest BCUT2D eigenvalue weighted by molar-refractivity contribution is -0.868. The molecule has 0 spiro atoms. The van der Waals surface area contributed by atoms with Crippen LogP contribution in [0.1, 0.15) is 13.3 Å². The number of likely N-dealkylation sites (N-methyl/N-ethyl adjacent to an activating group) is 1. The molecule has 0 radical (unpaired) electrons. The predicted molar refractivity (Wildman–Crippen MR) is 84.4 cm³/mol. The molecule has 1 saturated heterocycles. The van der Waals surface area contributed by atoms with Crippen molar-refractivity contribution >= 4 is 23.6 Å². The van der Waals surface area contributed by atoms with E-state index in [9.17, 15) is 14.4 Å². The van der Waals surface area contributed by atoms with E-state index < -0.39 is 23.8 Å². The second-order valence-corrected chi connectivity index (χ2v) is 6.21. The first-order valence-corrected chi connectivity index (χ1v) is 7.32. The highest BCUT2D eigenvalue weighted by Crippen LogP contribution is 2.15. The van der Waals surface area contributed by atoms with Crippen LogP contribution in [0.4, 0.5) is 4.79 Å². The van der Waals surface area contributed by atoms with Gasteiger partial charge >= 0.3 is 6.03 Å². The van der Waals surface area contributed by atoms with Gasteiger partial charge in [-0.1, -0.05) is 13.0 Å². The summed E-state index contributed by atoms with van der Waals surface area (Å²) in [5, 5.41) is 2.21. The quantitative estimate of drug-likeness (QED) is 0.320. The number of amides is 4. The van der Waals surface area contributed by atoms with Gasteiger partial charge < -0.3 is 4.48 Å². The molecule has 0 aromatic heterocycles. The average molecular weight is 309 g/mol. The highest BCUT2D eigenvalue weighted by atomic mass is 16.2. The minimum absolute atomic E-state index is 0.0737. The highest BCUT2D eigenvalue weighted by Gasteiger charge is 2.42. The van der Waals surface area contributed by atoms with E-state index >= 15 is 0 Å². The molecular formula is C15H25N4O3+. The smallest absolute Gasteiger partial charge is 0.329 e. The number of quaternary nitrogens is 1. The largest absolute Gasteiger partial charge is 0.331 e. The number of nitrogens with zero attached hydrogens (tertiary/aromatic N) is 3. The number of imide groups is 2. The monoisotopic (exact) mass is 309 g/mol. The number of hydrogen-bond donors (Lipinski definition) is 1. The van der Waals surface area contributed by atoms with Gasteiger partial charge in [0.05, 0.1) is 34.2 Å². The second-order valence-electron chi connectivity index (χ2n) is 6.21. The van der Waals surface area contributed by atoms with Crippen molar-refractivity contribution in [1.82, 2.24) is 10.2 Å². The maximum absolute atomic E-state index is 12.4. The molecule has 4 amide bonds. The van der Waals surface area contributed by atoms with Crippen molar-refractivity contribution in [2.24, 2.45) is 10.9 Å². The first kappa shape index (κ1) is 18.0. The molecular weight excluding hydrogens is 284 g/mol. The first-order valence-electron chi connectivity index (χ1n) is 7.32. The van der Waals surface area contributed by atoms with Crippen LogP contribution < -0.4 is 5.32 Å². The van der Waals surface area contributed by atoms with E-state index in [1.807, 2.05) is 28.1 Å². The molecule has 0 aromatic carbocycles. The van der Waals surface area contributed by atoms with Crippen LogP contribution in [0.15, 0.2) is 17.6 Å². The normalized spacial score (nSPS) is 20.2. The summed E-state index contributed by atoms with van der Waals surface area (Å²) in [6.07, 6.45) is 1.93. The van der Waals surface area contributed by atoms with Crippen molar-refractivity contribution in [3.05, 3.63) is 12.7 Å². The van der Waals surface area contributed by atoms with Gasteiger partial charge in [-0.2, -0.15) is 0 Å². The number of rotatable bonds is 7. The third-order valence-electron chi connectivity index (χ3n) is 3.34. The molecule has 1 N–H and O–H groups in total. The maximum Gasteiger partial charge on any atom is 0.331 e. The predicted octanol–water partition coefficient (Wildman–Crippen LogP) is 0.424. The average Bonchev–Trinajstić information content (AvgIpc) is 2.40. The van der Waals surface area contributed by atoms with Crippen LogP contribution in [0.25, 0.3) is 0 Å². The lowest BCUT2D eigenvalue weighted by Gasteiger charge is -2.30. The van der Waals surface area contributed by atoms with Crippen molar-refractivity contribution < 1.29 is 18.9 Å². The van der Waals surface area contributed by atoms with Crippen LogP contribution in [0.3, 0.4) is 0 Å². The Morgan fingerprint density at radius 3 is 2.50 bits per heavy atom. The summed E-state index contributed by atoms with van der Waals surface area (Å²) in [7, 11) is 6.14. The lowest BCUT2D eigenvalue weighted by Crippen LogP contribution is -2.59. The van der Waals surface area contributed by atoms with Crippen molar-refractivity contribution in [2.45, 2.75) is 13.3 Å². The molecule has 1 unspecified atom stereocenters. The number of carbonyl (C=O) groups is 3. The summed E-state index contributed by atoms with van der Waals surface area (Å²) in [6, 6.07) is -0.701. The number of barbiturate groups is 1. The number of aliphatic imine (C=N–C) groups is 1. The van der Waals surface area contributed by atoms with Gasteiger partial charge in [0.25, 0.3) is 0 Å². The molecule has 1 aliphatic rings. The molecule has 0 bridgehead atoms. The van der Waals surface area contributed by atoms with Crippen LogP contribution in [0, 0.1) is 5.92 Å². The fourth-order valence-electron chi connectivity index (χ4n) is 2.11. The molecule has 1 rings (SSSR count). The molecule has 7 nitrogen and oxygen atoms in total. The zero-order valence-corrected chi connectivity index (χ0v) is 13.8. The minimum Gasteiger partial charge on any atom is -0.329 e. The molecule has 1 fully saturated rings. The highest BCUT2D eigenvalue weighted by molar-refractivity contribution is 6.27. The number of carbonyl (C=O) groups excluding carboxylic acids is 3. The molecule has 0 saturated carbocycles. The summed E-state index contributed by atoms with van der Waals surface area (Å²) in [6.45, 7) is 6.76.